The minimum absolute atomic E-state index is 0.118. The van der Waals surface area contributed by atoms with Crippen molar-refractivity contribution in [3.8, 4) is 0 Å². The molecule has 4 nitrogen and oxygen atoms in total. The quantitative estimate of drug-likeness (QED) is 0.689. The molecule has 0 radical (unpaired) electrons. The number of nitrogens with one attached hydrogen (secondary N) is 1. The molecular formula is C16H24BrNO3. The van der Waals surface area contributed by atoms with Crippen LogP contribution in [-0.4, -0.2) is 45.1 Å². The molecule has 0 aliphatic heterocycles. The zero-order valence-corrected chi connectivity index (χ0v) is 14.3. The van der Waals surface area contributed by atoms with Gasteiger partial charge in [0.2, 0.25) is 0 Å². The lowest BCUT2D eigenvalue weighted by Crippen LogP contribution is -2.60. The van der Waals surface area contributed by atoms with Crippen molar-refractivity contribution in [2.75, 3.05) is 26.9 Å². The zero-order chi connectivity index (χ0) is 15.1. The maximum Gasteiger partial charge on any atom is 0.0991 e. The fourth-order valence-electron chi connectivity index (χ4n) is 2.53. The van der Waals surface area contributed by atoms with Gasteiger partial charge in [-0.15, -0.1) is 0 Å². The first-order valence-electron chi connectivity index (χ1n) is 7.44. The molecule has 5 heteroatoms. The standard InChI is InChI=1S/C16H24BrNO3/c1-3-18-14-10-15(16(14)20-8-7-19-2)21-11-12-5-4-6-13(17)9-12/h4-6,9,14-16,18H,3,7-8,10-11H2,1-2H3. The molecule has 0 spiro atoms. The molecule has 1 fully saturated rings. The van der Waals surface area contributed by atoms with E-state index in [2.05, 4.69) is 40.3 Å². The number of likely N-dealkylation sites (N-methyl/N-ethyl adjacent to an activating group) is 1. The van der Waals surface area contributed by atoms with Crippen molar-refractivity contribution in [3.05, 3.63) is 34.3 Å². The van der Waals surface area contributed by atoms with E-state index in [-0.39, 0.29) is 12.2 Å². The smallest absolute Gasteiger partial charge is 0.0991 e. The minimum Gasteiger partial charge on any atom is -0.382 e. The van der Waals surface area contributed by atoms with E-state index in [0.717, 1.165) is 17.4 Å². The van der Waals surface area contributed by atoms with Crippen LogP contribution in [0, 0.1) is 0 Å². The molecule has 3 unspecified atom stereocenters. The van der Waals surface area contributed by atoms with Gasteiger partial charge in [-0.3, -0.25) is 0 Å². The summed E-state index contributed by atoms with van der Waals surface area (Å²) in [4.78, 5) is 0. The van der Waals surface area contributed by atoms with Gasteiger partial charge in [0.1, 0.15) is 0 Å². The SMILES string of the molecule is CCNC1CC(OCc2cccc(Br)c2)C1OCCOC. The normalized spacial score (nSPS) is 24.8. The number of halogens is 1. The predicted octanol–water partition coefficient (Wildman–Crippen LogP) is 2.75. The van der Waals surface area contributed by atoms with Crippen LogP contribution in [0.3, 0.4) is 0 Å². The summed E-state index contributed by atoms with van der Waals surface area (Å²) in [6.45, 7) is 4.91. The molecule has 0 aromatic heterocycles. The summed E-state index contributed by atoms with van der Waals surface area (Å²) in [6, 6.07) is 8.59. The predicted molar refractivity (Wildman–Crippen MR) is 86.4 cm³/mol. The molecule has 1 aromatic carbocycles. The van der Waals surface area contributed by atoms with Crippen molar-refractivity contribution in [2.24, 2.45) is 0 Å². The molecule has 1 saturated carbocycles. The molecule has 0 amide bonds. The van der Waals surface area contributed by atoms with Gasteiger partial charge in [0.05, 0.1) is 32.0 Å². The molecule has 1 aromatic rings. The Bertz CT molecular complexity index is 430. The van der Waals surface area contributed by atoms with Gasteiger partial charge in [0.15, 0.2) is 0 Å². The highest BCUT2D eigenvalue weighted by atomic mass is 79.9. The molecule has 1 N–H and O–H groups in total. The highest BCUT2D eigenvalue weighted by Gasteiger charge is 2.42. The number of ether oxygens (including phenoxy) is 3. The lowest BCUT2D eigenvalue weighted by Gasteiger charge is -2.44. The average molecular weight is 358 g/mol. The molecule has 0 heterocycles. The van der Waals surface area contributed by atoms with Gasteiger partial charge < -0.3 is 19.5 Å². The monoisotopic (exact) mass is 357 g/mol. The second-order valence-electron chi connectivity index (χ2n) is 5.21. The second kappa shape index (κ2) is 8.86. The van der Waals surface area contributed by atoms with Crippen LogP contribution in [0.25, 0.3) is 0 Å². The van der Waals surface area contributed by atoms with Crippen LogP contribution in [0.4, 0.5) is 0 Å². The molecule has 21 heavy (non-hydrogen) atoms. The molecule has 0 saturated heterocycles. The van der Waals surface area contributed by atoms with Gasteiger partial charge in [-0.25, -0.2) is 0 Å². The fourth-order valence-corrected chi connectivity index (χ4v) is 2.97. The van der Waals surface area contributed by atoms with Crippen LogP contribution in [0.1, 0.15) is 18.9 Å². The number of methoxy groups -OCH3 is 1. The topological polar surface area (TPSA) is 39.7 Å². The van der Waals surface area contributed by atoms with Crippen molar-refractivity contribution in [2.45, 2.75) is 38.2 Å². The third kappa shape index (κ3) is 5.04. The van der Waals surface area contributed by atoms with Crippen molar-refractivity contribution in [3.63, 3.8) is 0 Å². The number of benzene rings is 1. The Morgan fingerprint density at radius 1 is 1.29 bits per heavy atom. The minimum atomic E-state index is 0.118. The number of rotatable bonds is 9. The Morgan fingerprint density at radius 3 is 2.86 bits per heavy atom. The van der Waals surface area contributed by atoms with E-state index in [1.807, 2.05) is 12.1 Å². The summed E-state index contributed by atoms with van der Waals surface area (Å²) in [7, 11) is 1.69. The van der Waals surface area contributed by atoms with Crippen LogP contribution >= 0.6 is 15.9 Å². The molecule has 118 valence electrons. The van der Waals surface area contributed by atoms with Crippen molar-refractivity contribution in [1.29, 1.82) is 0 Å². The van der Waals surface area contributed by atoms with Crippen molar-refractivity contribution >= 4 is 15.9 Å². The highest BCUT2D eigenvalue weighted by Crippen LogP contribution is 2.28. The van der Waals surface area contributed by atoms with E-state index in [9.17, 15) is 0 Å². The first-order valence-corrected chi connectivity index (χ1v) is 8.24. The summed E-state index contributed by atoms with van der Waals surface area (Å²) < 4.78 is 18.0. The largest absolute Gasteiger partial charge is 0.382 e. The highest BCUT2D eigenvalue weighted by molar-refractivity contribution is 9.10. The Hall–Kier alpha value is -0.460. The zero-order valence-electron chi connectivity index (χ0n) is 12.7. The van der Waals surface area contributed by atoms with E-state index >= 15 is 0 Å². The molecule has 1 aliphatic rings. The molecule has 2 rings (SSSR count). The number of hydrogen-bond donors (Lipinski definition) is 1. The molecule has 1 aliphatic carbocycles. The maximum absolute atomic E-state index is 6.01. The lowest BCUT2D eigenvalue weighted by atomic mass is 9.85. The van der Waals surface area contributed by atoms with E-state index in [0.29, 0.717) is 25.9 Å². The molecular weight excluding hydrogens is 334 g/mol. The summed E-state index contributed by atoms with van der Waals surface area (Å²) in [6.07, 6.45) is 1.27. The third-order valence-corrected chi connectivity index (χ3v) is 4.16. The van der Waals surface area contributed by atoms with Crippen molar-refractivity contribution in [1.82, 2.24) is 5.32 Å². The lowest BCUT2D eigenvalue weighted by molar-refractivity contribution is -0.156. The van der Waals surface area contributed by atoms with E-state index in [4.69, 9.17) is 14.2 Å². The first kappa shape index (κ1) is 16.9. The fraction of sp³-hybridized carbons (Fsp3) is 0.625. The van der Waals surface area contributed by atoms with Crippen LogP contribution in [0.15, 0.2) is 28.7 Å². The van der Waals surface area contributed by atoms with E-state index in [1.54, 1.807) is 7.11 Å². The van der Waals surface area contributed by atoms with Gasteiger partial charge >= 0.3 is 0 Å². The van der Waals surface area contributed by atoms with E-state index in [1.165, 1.54) is 5.56 Å². The van der Waals surface area contributed by atoms with Gasteiger partial charge in [0.25, 0.3) is 0 Å². The summed E-state index contributed by atoms with van der Waals surface area (Å²) in [5.74, 6) is 0. The third-order valence-electron chi connectivity index (χ3n) is 3.67. The number of hydrogen-bond acceptors (Lipinski definition) is 4. The van der Waals surface area contributed by atoms with Crippen LogP contribution in [0.5, 0.6) is 0 Å². The first-order chi connectivity index (χ1) is 10.2. The summed E-state index contributed by atoms with van der Waals surface area (Å²) in [5, 5.41) is 3.44. The second-order valence-corrected chi connectivity index (χ2v) is 6.12. The van der Waals surface area contributed by atoms with Crippen molar-refractivity contribution < 1.29 is 14.2 Å². The van der Waals surface area contributed by atoms with Crippen LogP contribution in [-0.2, 0) is 20.8 Å². The molecule has 3 atom stereocenters. The Morgan fingerprint density at radius 2 is 2.14 bits per heavy atom. The maximum atomic E-state index is 6.01. The van der Waals surface area contributed by atoms with Gasteiger partial charge in [-0.1, -0.05) is 35.0 Å². The Labute approximate surface area is 135 Å². The van der Waals surface area contributed by atoms with Crippen LogP contribution < -0.4 is 5.32 Å². The molecule has 0 bridgehead atoms. The average Bonchev–Trinajstić information content (AvgIpc) is 2.46. The summed E-state index contributed by atoms with van der Waals surface area (Å²) in [5.41, 5.74) is 1.17. The van der Waals surface area contributed by atoms with Crippen LogP contribution in [0.2, 0.25) is 0 Å². The van der Waals surface area contributed by atoms with Gasteiger partial charge in [-0.05, 0) is 30.7 Å². The van der Waals surface area contributed by atoms with Gasteiger partial charge in [0, 0.05) is 17.6 Å². The van der Waals surface area contributed by atoms with E-state index < -0.39 is 0 Å². The Kier molecular flexibility index (Phi) is 7.13. The van der Waals surface area contributed by atoms with Gasteiger partial charge in [-0.2, -0.15) is 0 Å². The Balaban J connectivity index is 1.80. The summed E-state index contributed by atoms with van der Waals surface area (Å²) >= 11 is 3.48.